The van der Waals surface area contributed by atoms with Crippen LogP contribution in [0, 0.1) is 5.82 Å². The van der Waals surface area contributed by atoms with Gasteiger partial charge >= 0.3 is 0 Å². The van der Waals surface area contributed by atoms with Crippen molar-refractivity contribution >= 4 is 27.5 Å². The number of halogens is 1. The summed E-state index contributed by atoms with van der Waals surface area (Å²) in [7, 11) is -3.63. The predicted octanol–water partition coefficient (Wildman–Crippen LogP) is 2.98. The number of benzene rings is 2. The van der Waals surface area contributed by atoms with Gasteiger partial charge in [-0.2, -0.15) is 4.31 Å². The largest absolute Gasteiger partial charge is 0.350 e. The molecule has 0 aliphatic carbocycles. The molecular weight excluding hydrogens is 445 g/mol. The van der Waals surface area contributed by atoms with Crippen molar-refractivity contribution in [2.45, 2.75) is 56.5 Å². The summed E-state index contributed by atoms with van der Waals surface area (Å²) in [6.45, 7) is 2.72. The number of carbonyl (C=O) groups excluding carboxylic acids is 2. The highest BCUT2D eigenvalue weighted by Gasteiger charge is 2.39. The predicted molar refractivity (Wildman–Crippen MR) is 123 cm³/mol. The Morgan fingerprint density at radius 2 is 1.82 bits per heavy atom. The van der Waals surface area contributed by atoms with Crippen molar-refractivity contribution in [3.63, 3.8) is 0 Å². The van der Waals surface area contributed by atoms with Crippen LogP contribution in [0.5, 0.6) is 0 Å². The third-order valence-corrected chi connectivity index (χ3v) is 8.17. The number of piperidine rings is 1. The fourth-order valence-corrected chi connectivity index (χ4v) is 6.04. The second-order valence-corrected chi connectivity index (χ2v) is 10.3. The monoisotopic (exact) mass is 473 g/mol. The number of hydrogen-bond acceptors (Lipinski definition) is 4. The lowest BCUT2D eigenvalue weighted by molar-refractivity contribution is -0.126. The van der Waals surface area contributed by atoms with Crippen molar-refractivity contribution in [3.05, 3.63) is 59.4 Å². The zero-order valence-corrected chi connectivity index (χ0v) is 19.4. The smallest absolute Gasteiger partial charge is 0.243 e. The highest BCUT2D eigenvalue weighted by Crippen LogP contribution is 2.35. The lowest BCUT2D eigenvalue weighted by Crippen LogP contribution is -2.47. The summed E-state index contributed by atoms with van der Waals surface area (Å²) in [6.07, 6.45) is 3.10. The van der Waals surface area contributed by atoms with Gasteiger partial charge in [0.05, 0.1) is 4.90 Å². The number of carbonyl (C=O) groups is 2. The van der Waals surface area contributed by atoms with Crippen molar-refractivity contribution < 1.29 is 22.4 Å². The van der Waals surface area contributed by atoms with Crippen LogP contribution in [0.1, 0.15) is 43.7 Å². The van der Waals surface area contributed by atoms with Crippen molar-refractivity contribution in [1.29, 1.82) is 0 Å². The number of nitrogens with zero attached hydrogens (tertiary/aromatic N) is 2. The van der Waals surface area contributed by atoms with Gasteiger partial charge in [0.25, 0.3) is 0 Å². The lowest BCUT2D eigenvalue weighted by atomic mass is 10.1. The van der Waals surface area contributed by atoms with Crippen LogP contribution in [-0.2, 0) is 32.6 Å². The van der Waals surface area contributed by atoms with Gasteiger partial charge in [0.15, 0.2) is 0 Å². The molecule has 0 bridgehead atoms. The fraction of sp³-hybridized carbons (Fsp3) is 0.417. The molecule has 2 aliphatic rings. The molecule has 0 saturated carbocycles. The van der Waals surface area contributed by atoms with E-state index >= 15 is 0 Å². The van der Waals surface area contributed by atoms with E-state index in [-0.39, 0.29) is 30.2 Å². The van der Waals surface area contributed by atoms with Gasteiger partial charge in [-0.1, -0.05) is 31.5 Å². The van der Waals surface area contributed by atoms with E-state index in [1.807, 2.05) is 0 Å². The van der Waals surface area contributed by atoms with E-state index in [9.17, 15) is 22.4 Å². The molecule has 1 atom stereocenters. The minimum Gasteiger partial charge on any atom is -0.350 e. The van der Waals surface area contributed by atoms with Crippen LogP contribution in [0.25, 0.3) is 0 Å². The van der Waals surface area contributed by atoms with E-state index in [4.69, 9.17) is 0 Å². The Bertz CT molecular complexity index is 1160. The van der Waals surface area contributed by atoms with Gasteiger partial charge in [-0.3, -0.25) is 14.5 Å². The second-order valence-electron chi connectivity index (χ2n) is 8.40. The van der Waals surface area contributed by atoms with Crippen molar-refractivity contribution in [3.8, 4) is 0 Å². The van der Waals surface area contributed by atoms with Gasteiger partial charge in [-0.25, -0.2) is 12.8 Å². The van der Waals surface area contributed by atoms with Crippen LogP contribution >= 0.6 is 0 Å². The highest BCUT2D eigenvalue weighted by molar-refractivity contribution is 7.89. The Balaban J connectivity index is 1.58. The number of sulfonamides is 1. The van der Waals surface area contributed by atoms with E-state index in [0.717, 1.165) is 19.3 Å². The van der Waals surface area contributed by atoms with Gasteiger partial charge in [-0.05, 0) is 42.7 Å². The van der Waals surface area contributed by atoms with E-state index in [1.54, 1.807) is 37.3 Å². The molecule has 0 aromatic heterocycles. The number of hydrogen-bond donors (Lipinski definition) is 1. The molecule has 0 unspecified atom stereocenters. The molecule has 4 rings (SSSR count). The molecule has 176 valence electrons. The highest BCUT2D eigenvalue weighted by atomic mass is 32.2. The van der Waals surface area contributed by atoms with Gasteiger partial charge < -0.3 is 5.32 Å². The van der Waals surface area contributed by atoms with Crippen LogP contribution in [0.4, 0.5) is 10.1 Å². The number of rotatable bonds is 6. The van der Waals surface area contributed by atoms with Crippen LogP contribution in [0.2, 0.25) is 0 Å². The number of fused-ring (bicyclic) bond motifs is 1. The Kier molecular flexibility index (Phi) is 6.81. The topological polar surface area (TPSA) is 86.8 Å². The lowest BCUT2D eigenvalue weighted by Gasteiger charge is -2.26. The molecule has 2 aromatic carbocycles. The van der Waals surface area contributed by atoms with Gasteiger partial charge in [0, 0.05) is 43.7 Å². The van der Waals surface area contributed by atoms with E-state index in [0.29, 0.717) is 29.9 Å². The minimum atomic E-state index is -3.63. The summed E-state index contributed by atoms with van der Waals surface area (Å²) >= 11 is 0. The van der Waals surface area contributed by atoms with Crippen molar-refractivity contribution in [1.82, 2.24) is 9.62 Å². The third-order valence-electron chi connectivity index (χ3n) is 6.27. The molecule has 2 heterocycles. The van der Waals surface area contributed by atoms with Crippen LogP contribution in [-0.4, -0.2) is 43.7 Å². The second kappa shape index (κ2) is 9.61. The van der Waals surface area contributed by atoms with Crippen LogP contribution in [0.3, 0.4) is 0 Å². The van der Waals surface area contributed by atoms with E-state index in [2.05, 4.69) is 5.32 Å². The number of amides is 2. The molecule has 2 aromatic rings. The first-order valence-corrected chi connectivity index (χ1v) is 12.7. The maximum Gasteiger partial charge on any atom is 0.243 e. The van der Waals surface area contributed by atoms with E-state index in [1.165, 1.54) is 21.3 Å². The van der Waals surface area contributed by atoms with Crippen LogP contribution < -0.4 is 10.2 Å². The third kappa shape index (κ3) is 4.65. The summed E-state index contributed by atoms with van der Waals surface area (Å²) in [4.78, 5) is 27.3. The molecule has 1 N–H and O–H groups in total. The molecule has 1 fully saturated rings. The maximum atomic E-state index is 13.9. The molecular formula is C24H28FN3O4S. The zero-order chi connectivity index (χ0) is 23.6. The van der Waals surface area contributed by atoms with Gasteiger partial charge in [0.1, 0.15) is 11.9 Å². The molecule has 2 aliphatic heterocycles. The fourth-order valence-electron chi connectivity index (χ4n) is 4.47. The number of anilines is 1. The first-order chi connectivity index (χ1) is 15.8. The molecule has 33 heavy (non-hydrogen) atoms. The Hall–Kier alpha value is -2.78. The van der Waals surface area contributed by atoms with Gasteiger partial charge in [-0.15, -0.1) is 0 Å². The average molecular weight is 474 g/mol. The summed E-state index contributed by atoms with van der Waals surface area (Å²) < 4.78 is 41.6. The Morgan fingerprint density at radius 1 is 1.09 bits per heavy atom. The minimum absolute atomic E-state index is 0.00109. The first kappa shape index (κ1) is 23.4. The van der Waals surface area contributed by atoms with Crippen LogP contribution in [0.15, 0.2) is 47.4 Å². The Morgan fingerprint density at radius 3 is 2.52 bits per heavy atom. The Labute approximate surface area is 193 Å². The molecule has 2 amide bonds. The summed E-state index contributed by atoms with van der Waals surface area (Å²) in [5.74, 6) is -1.05. The molecule has 0 radical (unpaired) electrons. The summed E-state index contributed by atoms with van der Waals surface area (Å²) in [5.41, 5.74) is 1.54. The van der Waals surface area contributed by atoms with E-state index < -0.39 is 27.8 Å². The SMILES string of the molecule is CCC(=O)N1c2ccc(S(=O)(=O)N3CCCCC3)cc2C[C@@H]1C(=O)NCc1ccccc1F. The summed E-state index contributed by atoms with van der Waals surface area (Å²) in [5, 5.41) is 2.72. The average Bonchev–Trinajstić information content (AvgIpc) is 3.22. The molecule has 0 spiro atoms. The number of nitrogens with one attached hydrogen (secondary N) is 1. The first-order valence-electron chi connectivity index (χ1n) is 11.3. The maximum absolute atomic E-state index is 13.9. The van der Waals surface area contributed by atoms with Crippen molar-refractivity contribution in [2.75, 3.05) is 18.0 Å². The molecule has 7 nitrogen and oxygen atoms in total. The quantitative estimate of drug-likeness (QED) is 0.699. The van der Waals surface area contributed by atoms with Crippen molar-refractivity contribution in [2.24, 2.45) is 0 Å². The zero-order valence-electron chi connectivity index (χ0n) is 18.6. The molecule has 9 heteroatoms. The molecule has 1 saturated heterocycles. The normalized spacial score (nSPS) is 18.7. The summed E-state index contributed by atoms with van der Waals surface area (Å²) in [6, 6.07) is 10.1. The van der Waals surface area contributed by atoms with Gasteiger partial charge in [0.2, 0.25) is 21.8 Å². The standard InChI is InChI=1S/C24H28FN3O4S/c1-2-23(29)28-21-11-10-19(33(31,32)27-12-6-3-7-13-27)14-18(21)15-22(28)24(30)26-16-17-8-4-5-9-20(17)25/h4-5,8-11,14,22H,2-3,6-7,12-13,15-16H2,1H3,(H,26,30)/t22-/m1/s1.